The van der Waals surface area contributed by atoms with E-state index in [0.717, 1.165) is 26.1 Å². The molecule has 2 unspecified atom stereocenters. The monoisotopic (exact) mass is 185 g/mol. The number of aliphatic hydroxyl groups excluding tert-OH is 1. The summed E-state index contributed by atoms with van der Waals surface area (Å²) in [6.07, 6.45) is 5.66. The second-order valence-electron chi connectivity index (χ2n) is 4.21. The number of hydrogen-bond donors (Lipinski definition) is 2. The minimum absolute atomic E-state index is 0.136. The Morgan fingerprint density at radius 2 is 1.85 bits per heavy atom. The number of aliphatic hydroxyl groups is 1. The normalized spacial score (nSPS) is 36.7. The molecule has 0 spiro atoms. The summed E-state index contributed by atoms with van der Waals surface area (Å²) in [5.41, 5.74) is 0. The predicted molar refractivity (Wildman–Crippen MR) is 50.6 cm³/mol. The predicted octanol–water partition coefficient (Wildman–Crippen LogP) is 0.668. The lowest BCUT2D eigenvalue weighted by Gasteiger charge is -2.33. The summed E-state index contributed by atoms with van der Waals surface area (Å²) in [6, 6.07) is 0.814. The molecular formula is C10H19NO2. The van der Waals surface area contributed by atoms with E-state index in [9.17, 15) is 5.11 Å². The van der Waals surface area contributed by atoms with Crippen molar-refractivity contribution in [2.45, 2.75) is 50.3 Å². The van der Waals surface area contributed by atoms with Crippen molar-refractivity contribution in [2.24, 2.45) is 0 Å². The summed E-state index contributed by atoms with van der Waals surface area (Å²) in [5.74, 6) is 0. The van der Waals surface area contributed by atoms with Crippen LogP contribution in [0, 0.1) is 0 Å². The molecule has 2 atom stereocenters. The van der Waals surface area contributed by atoms with Crippen molar-refractivity contribution in [1.82, 2.24) is 5.32 Å². The Kier molecular flexibility index (Phi) is 3.19. The minimum Gasteiger partial charge on any atom is -0.392 e. The van der Waals surface area contributed by atoms with Gasteiger partial charge in [-0.3, -0.25) is 0 Å². The number of ether oxygens (including phenoxy) is 1. The Labute approximate surface area is 79.5 Å². The molecule has 2 aliphatic rings. The molecule has 0 radical (unpaired) electrons. The van der Waals surface area contributed by atoms with E-state index in [0.29, 0.717) is 12.1 Å². The molecule has 0 bridgehead atoms. The largest absolute Gasteiger partial charge is 0.392 e. The average molecular weight is 185 g/mol. The van der Waals surface area contributed by atoms with Crippen LogP contribution in [-0.2, 0) is 4.74 Å². The van der Waals surface area contributed by atoms with E-state index in [4.69, 9.17) is 4.74 Å². The standard InChI is InChI=1S/C10H19NO2/c12-10-5-3-1-2-4-9(10)11-8-6-13-7-8/h8-12H,1-7H2. The highest BCUT2D eigenvalue weighted by Gasteiger charge is 2.27. The molecule has 1 heterocycles. The van der Waals surface area contributed by atoms with Crippen LogP contribution >= 0.6 is 0 Å². The molecule has 76 valence electrons. The first-order chi connectivity index (χ1) is 6.36. The fraction of sp³-hybridized carbons (Fsp3) is 1.00. The highest BCUT2D eigenvalue weighted by Crippen LogP contribution is 2.19. The molecule has 3 heteroatoms. The van der Waals surface area contributed by atoms with Gasteiger partial charge in [0.15, 0.2) is 0 Å². The topological polar surface area (TPSA) is 41.5 Å². The fourth-order valence-electron chi connectivity index (χ4n) is 2.12. The van der Waals surface area contributed by atoms with E-state index in [1.54, 1.807) is 0 Å². The Bertz CT molecular complexity index is 159. The van der Waals surface area contributed by atoms with Gasteiger partial charge in [0.1, 0.15) is 0 Å². The lowest BCUT2D eigenvalue weighted by molar-refractivity contribution is -0.0202. The molecule has 1 saturated carbocycles. The smallest absolute Gasteiger partial charge is 0.0693 e. The summed E-state index contributed by atoms with van der Waals surface area (Å²) >= 11 is 0. The zero-order valence-electron chi connectivity index (χ0n) is 8.04. The molecule has 0 aromatic heterocycles. The first kappa shape index (κ1) is 9.44. The molecule has 0 amide bonds. The van der Waals surface area contributed by atoms with Gasteiger partial charge in [-0.2, -0.15) is 0 Å². The van der Waals surface area contributed by atoms with Crippen molar-refractivity contribution in [3.8, 4) is 0 Å². The molecular weight excluding hydrogens is 166 g/mol. The molecule has 2 N–H and O–H groups in total. The molecule has 0 aromatic carbocycles. The van der Waals surface area contributed by atoms with E-state index >= 15 is 0 Å². The van der Waals surface area contributed by atoms with E-state index < -0.39 is 0 Å². The molecule has 13 heavy (non-hydrogen) atoms. The van der Waals surface area contributed by atoms with Crippen LogP contribution in [0.1, 0.15) is 32.1 Å². The Morgan fingerprint density at radius 1 is 1.08 bits per heavy atom. The fourth-order valence-corrected chi connectivity index (χ4v) is 2.12. The highest BCUT2D eigenvalue weighted by atomic mass is 16.5. The molecule has 2 fully saturated rings. The zero-order valence-corrected chi connectivity index (χ0v) is 8.04. The van der Waals surface area contributed by atoms with Crippen LogP contribution < -0.4 is 5.32 Å². The lowest BCUT2D eigenvalue weighted by Crippen LogP contribution is -2.53. The maximum atomic E-state index is 9.81. The van der Waals surface area contributed by atoms with E-state index in [2.05, 4.69) is 5.32 Å². The van der Waals surface area contributed by atoms with Gasteiger partial charge >= 0.3 is 0 Å². The second kappa shape index (κ2) is 4.40. The summed E-state index contributed by atoms with van der Waals surface area (Å²) in [7, 11) is 0. The third-order valence-electron chi connectivity index (χ3n) is 3.07. The van der Waals surface area contributed by atoms with Crippen LogP contribution in [0.25, 0.3) is 0 Å². The first-order valence-corrected chi connectivity index (χ1v) is 5.38. The second-order valence-corrected chi connectivity index (χ2v) is 4.21. The van der Waals surface area contributed by atoms with E-state index in [1.165, 1.54) is 19.3 Å². The van der Waals surface area contributed by atoms with Crippen molar-refractivity contribution >= 4 is 0 Å². The number of nitrogens with one attached hydrogen (secondary N) is 1. The number of hydrogen-bond acceptors (Lipinski definition) is 3. The van der Waals surface area contributed by atoms with Gasteiger partial charge in [0.2, 0.25) is 0 Å². The summed E-state index contributed by atoms with van der Waals surface area (Å²) < 4.78 is 5.10. The summed E-state index contributed by atoms with van der Waals surface area (Å²) in [6.45, 7) is 1.65. The van der Waals surface area contributed by atoms with E-state index in [-0.39, 0.29) is 6.10 Å². The van der Waals surface area contributed by atoms with Gasteiger partial charge in [-0.15, -0.1) is 0 Å². The van der Waals surface area contributed by atoms with Crippen LogP contribution in [0.5, 0.6) is 0 Å². The molecule has 0 aromatic rings. The molecule has 1 aliphatic heterocycles. The van der Waals surface area contributed by atoms with Gasteiger partial charge in [-0.1, -0.05) is 19.3 Å². The Hall–Kier alpha value is -0.120. The maximum absolute atomic E-state index is 9.81. The van der Waals surface area contributed by atoms with Crippen LogP contribution in [0.2, 0.25) is 0 Å². The van der Waals surface area contributed by atoms with Crippen molar-refractivity contribution < 1.29 is 9.84 Å². The van der Waals surface area contributed by atoms with Crippen LogP contribution in [0.3, 0.4) is 0 Å². The maximum Gasteiger partial charge on any atom is 0.0693 e. The number of rotatable bonds is 2. The van der Waals surface area contributed by atoms with Crippen LogP contribution in [0.4, 0.5) is 0 Å². The summed E-state index contributed by atoms with van der Waals surface area (Å²) in [4.78, 5) is 0. The average Bonchev–Trinajstić information content (AvgIpc) is 2.23. The van der Waals surface area contributed by atoms with Crippen LogP contribution in [-0.4, -0.2) is 36.5 Å². The molecule has 1 aliphatic carbocycles. The molecule has 3 nitrogen and oxygen atoms in total. The minimum atomic E-state index is -0.136. The third kappa shape index (κ3) is 2.42. The van der Waals surface area contributed by atoms with Gasteiger partial charge in [0, 0.05) is 6.04 Å². The first-order valence-electron chi connectivity index (χ1n) is 5.38. The highest BCUT2D eigenvalue weighted by molar-refractivity contribution is 4.84. The third-order valence-corrected chi connectivity index (χ3v) is 3.07. The summed E-state index contributed by atoms with van der Waals surface area (Å²) in [5, 5.41) is 13.3. The van der Waals surface area contributed by atoms with Gasteiger partial charge < -0.3 is 15.2 Å². The van der Waals surface area contributed by atoms with Crippen molar-refractivity contribution in [1.29, 1.82) is 0 Å². The van der Waals surface area contributed by atoms with E-state index in [1.807, 2.05) is 0 Å². The lowest BCUT2D eigenvalue weighted by atomic mass is 10.0. The van der Waals surface area contributed by atoms with Gasteiger partial charge in [0.05, 0.1) is 25.4 Å². The Balaban J connectivity index is 1.79. The van der Waals surface area contributed by atoms with Crippen LogP contribution in [0.15, 0.2) is 0 Å². The molecule has 1 saturated heterocycles. The van der Waals surface area contributed by atoms with Gasteiger partial charge in [0.25, 0.3) is 0 Å². The van der Waals surface area contributed by atoms with Gasteiger partial charge in [-0.25, -0.2) is 0 Å². The van der Waals surface area contributed by atoms with Crippen molar-refractivity contribution in [3.05, 3.63) is 0 Å². The quantitative estimate of drug-likeness (QED) is 0.621. The van der Waals surface area contributed by atoms with Crippen molar-refractivity contribution in [2.75, 3.05) is 13.2 Å². The zero-order chi connectivity index (χ0) is 9.10. The molecule has 2 rings (SSSR count). The Morgan fingerprint density at radius 3 is 2.54 bits per heavy atom. The van der Waals surface area contributed by atoms with Gasteiger partial charge in [-0.05, 0) is 12.8 Å². The van der Waals surface area contributed by atoms with Crippen molar-refractivity contribution in [3.63, 3.8) is 0 Å². The SMILES string of the molecule is OC1CCCCCC1NC1COC1.